The van der Waals surface area contributed by atoms with E-state index in [-0.39, 0.29) is 34.9 Å². The molecule has 1 aromatic heterocycles. The van der Waals surface area contributed by atoms with Crippen LogP contribution in [-0.2, 0) is 16.6 Å². The maximum atomic E-state index is 13.3. The van der Waals surface area contributed by atoms with Gasteiger partial charge in [0.25, 0.3) is 0 Å². The molecule has 3 amide bonds. The number of nitrogens with one attached hydrogen (secondary N) is 2. The number of rotatable bonds is 3. The summed E-state index contributed by atoms with van der Waals surface area (Å²) in [6.07, 6.45) is 2.31. The van der Waals surface area contributed by atoms with Gasteiger partial charge in [0.15, 0.2) is 0 Å². The number of imide groups is 1. The number of aryl methyl sites for hydroxylation is 1. The monoisotopic (exact) mass is 497 g/mol. The summed E-state index contributed by atoms with van der Waals surface area (Å²) in [6.45, 7) is 7.85. The van der Waals surface area contributed by atoms with E-state index in [4.69, 9.17) is 0 Å². The molecule has 1 saturated carbocycles. The van der Waals surface area contributed by atoms with E-state index in [1.807, 2.05) is 18.2 Å². The number of amides is 3. The molecule has 10 heteroatoms. The molecule has 0 radical (unpaired) electrons. The van der Waals surface area contributed by atoms with E-state index in [0.29, 0.717) is 30.9 Å². The van der Waals surface area contributed by atoms with Crippen LogP contribution in [0.25, 0.3) is 11.0 Å². The average Bonchev–Trinajstić information content (AvgIpc) is 3.03. The first kappa shape index (κ1) is 24.4. The van der Waals surface area contributed by atoms with E-state index in [1.54, 1.807) is 11.6 Å². The van der Waals surface area contributed by atoms with Gasteiger partial charge in [0.2, 0.25) is 11.8 Å². The predicted molar refractivity (Wildman–Crippen MR) is 135 cm³/mol. The minimum absolute atomic E-state index is 0.0136. The summed E-state index contributed by atoms with van der Waals surface area (Å²) in [4.78, 5) is 50.4. The van der Waals surface area contributed by atoms with Gasteiger partial charge in [-0.05, 0) is 54.6 Å². The molecule has 3 heterocycles. The van der Waals surface area contributed by atoms with Crippen molar-refractivity contribution in [3.63, 3.8) is 0 Å². The first-order chi connectivity index (χ1) is 16.9. The van der Waals surface area contributed by atoms with Crippen LogP contribution in [0.3, 0.4) is 0 Å². The van der Waals surface area contributed by atoms with Crippen molar-refractivity contribution in [3.8, 4) is 0 Å². The number of carbonyl (C=O) groups excluding carboxylic acids is 2. The highest BCUT2D eigenvalue weighted by Crippen LogP contribution is 2.60. The SMILES string of the molecule is Cn1c(=O)n(C2CCC(=O)NC2=O)c2cccc(NC3CC4(CCN(C(=O)O)CC4)C3C(C)(C)C)c21. The molecular weight excluding hydrogens is 462 g/mol. The Morgan fingerprint density at radius 3 is 2.47 bits per heavy atom. The average molecular weight is 498 g/mol. The van der Waals surface area contributed by atoms with Gasteiger partial charge in [-0.15, -0.1) is 0 Å². The van der Waals surface area contributed by atoms with Gasteiger partial charge in [0.1, 0.15) is 6.04 Å². The van der Waals surface area contributed by atoms with Crippen molar-refractivity contribution in [3.05, 3.63) is 28.7 Å². The Bertz CT molecular complexity index is 1290. The Morgan fingerprint density at radius 2 is 1.86 bits per heavy atom. The Kier molecular flexibility index (Phi) is 5.68. The number of hydrogen-bond acceptors (Lipinski definition) is 5. The first-order valence-electron chi connectivity index (χ1n) is 12.7. The number of anilines is 1. The van der Waals surface area contributed by atoms with Crippen molar-refractivity contribution in [1.82, 2.24) is 19.4 Å². The lowest BCUT2D eigenvalue weighted by atomic mass is 9.46. The van der Waals surface area contributed by atoms with Crippen molar-refractivity contribution in [2.24, 2.45) is 23.8 Å². The number of carbonyl (C=O) groups is 3. The Labute approximate surface area is 209 Å². The quantitative estimate of drug-likeness (QED) is 0.560. The number of para-hydroxylation sites is 1. The number of fused-ring (bicyclic) bond motifs is 1. The van der Waals surface area contributed by atoms with Crippen LogP contribution in [0.2, 0.25) is 0 Å². The molecular formula is C26H35N5O5. The molecule has 2 aromatic rings. The highest BCUT2D eigenvalue weighted by molar-refractivity contribution is 6.00. The lowest BCUT2D eigenvalue weighted by molar-refractivity contribution is -0.135. The lowest BCUT2D eigenvalue weighted by Crippen LogP contribution is -2.63. The van der Waals surface area contributed by atoms with Crippen LogP contribution in [0.4, 0.5) is 10.5 Å². The van der Waals surface area contributed by atoms with Gasteiger partial charge in [0, 0.05) is 32.6 Å². The second-order valence-electron chi connectivity index (χ2n) is 11.8. The maximum Gasteiger partial charge on any atom is 0.407 e. The fraction of sp³-hybridized carbons (Fsp3) is 0.615. The number of benzene rings is 1. The van der Waals surface area contributed by atoms with Crippen LogP contribution in [0, 0.1) is 16.7 Å². The number of imidazole rings is 1. The van der Waals surface area contributed by atoms with Gasteiger partial charge in [-0.3, -0.25) is 24.0 Å². The molecule has 0 bridgehead atoms. The Hall–Kier alpha value is -3.30. The second kappa shape index (κ2) is 8.38. The Morgan fingerprint density at radius 1 is 1.17 bits per heavy atom. The van der Waals surface area contributed by atoms with Gasteiger partial charge >= 0.3 is 11.8 Å². The molecule has 3 fully saturated rings. The molecule has 36 heavy (non-hydrogen) atoms. The fourth-order valence-corrected chi connectivity index (χ4v) is 7.25. The first-order valence-corrected chi connectivity index (χ1v) is 12.7. The van der Waals surface area contributed by atoms with Crippen molar-refractivity contribution in [2.75, 3.05) is 18.4 Å². The molecule has 1 aromatic carbocycles. The van der Waals surface area contributed by atoms with Gasteiger partial charge in [-0.25, -0.2) is 9.59 Å². The second-order valence-corrected chi connectivity index (χ2v) is 11.8. The molecule has 3 N–H and O–H groups in total. The van der Waals surface area contributed by atoms with Crippen molar-refractivity contribution in [1.29, 1.82) is 0 Å². The molecule has 2 aliphatic heterocycles. The maximum absolute atomic E-state index is 13.3. The molecule has 2 saturated heterocycles. The highest BCUT2D eigenvalue weighted by Gasteiger charge is 2.58. The molecule has 3 aliphatic rings. The standard InChI is InChI=1S/C26H35N5O5/c1-25(2,3)21-16(14-26(21)10-12-30(13-11-26)24(35)36)27-15-6-5-7-17-20(15)29(4)23(34)31(17)18-8-9-19(32)28-22(18)33/h5-7,16,18,21,27H,8-14H2,1-4H3,(H,35,36)(H,28,32,33). The minimum Gasteiger partial charge on any atom is -0.465 e. The van der Waals surface area contributed by atoms with E-state index in [1.165, 1.54) is 9.47 Å². The molecule has 194 valence electrons. The number of carboxylic acid groups (broad SMARTS) is 1. The van der Waals surface area contributed by atoms with Crippen molar-refractivity contribution in [2.45, 2.75) is 65.0 Å². The Balaban J connectivity index is 1.46. The molecule has 3 atom stereocenters. The normalized spacial score (nSPS) is 26.1. The lowest BCUT2D eigenvalue weighted by Gasteiger charge is -2.63. The summed E-state index contributed by atoms with van der Waals surface area (Å²) in [6, 6.07) is 5.16. The van der Waals surface area contributed by atoms with E-state index in [0.717, 1.165) is 30.5 Å². The molecule has 1 aliphatic carbocycles. The smallest absolute Gasteiger partial charge is 0.407 e. The van der Waals surface area contributed by atoms with Gasteiger partial charge < -0.3 is 15.3 Å². The van der Waals surface area contributed by atoms with Crippen LogP contribution >= 0.6 is 0 Å². The molecule has 3 unspecified atom stereocenters. The largest absolute Gasteiger partial charge is 0.465 e. The zero-order valence-corrected chi connectivity index (χ0v) is 21.3. The van der Waals surface area contributed by atoms with E-state index in [9.17, 15) is 24.3 Å². The third-order valence-electron chi connectivity index (χ3n) is 8.62. The van der Waals surface area contributed by atoms with Gasteiger partial charge in [-0.2, -0.15) is 0 Å². The zero-order valence-electron chi connectivity index (χ0n) is 21.3. The molecule has 10 nitrogen and oxygen atoms in total. The summed E-state index contributed by atoms with van der Waals surface area (Å²) in [5.41, 5.74) is 2.07. The molecule has 1 spiro atoms. The summed E-state index contributed by atoms with van der Waals surface area (Å²) in [5.74, 6) is -0.417. The molecule has 5 rings (SSSR count). The van der Waals surface area contributed by atoms with E-state index < -0.39 is 18.0 Å². The van der Waals surface area contributed by atoms with Crippen LogP contribution < -0.4 is 16.3 Å². The summed E-state index contributed by atoms with van der Waals surface area (Å²) in [7, 11) is 1.71. The zero-order chi connectivity index (χ0) is 26.0. The fourth-order valence-electron chi connectivity index (χ4n) is 7.25. The van der Waals surface area contributed by atoms with Crippen LogP contribution in [0.15, 0.2) is 23.0 Å². The van der Waals surface area contributed by atoms with Crippen LogP contribution in [0.5, 0.6) is 0 Å². The van der Waals surface area contributed by atoms with Gasteiger partial charge in [-0.1, -0.05) is 26.8 Å². The van der Waals surface area contributed by atoms with Gasteiger partial charge in [0.05, 0.1) is 16.7 Å². The summed E-state index contributed by atoms with van der Waals surface area (Å²) < 4.78 is 3.08. The highest BCUT2D eigenvalue weighted by atomic mass is 16.4. The number of piperidine rings is 2. The third kappa shape index (κ3) is 3.77. The van der Waals surface area contributed by atoms with E-state index >= 15 is 0 Å². The summed E-state index contributed by atoms with van der Waals surface area (Å²) >= 11 is 0. The number of hydrogen-bond donors (Lipinski definition) is 3. The minimum atomic E-state index is -0.848. The number of nitrogens with zero attached hydrogens (tertiary/aromatic N) is 3. The van der Waals surface area contributed by atoms with Crippen LogP contribution in [0.1, 0.15) is 58.9 Å². The predicted octanol–water partition coefficient (Wildman–Crippen LogP) is 2.92. The topological polar surface area (TPSA) is 126 Å². The summed E-state index contributed by atoms with van der Waals surface area (Å²) in [5, 5.41) is 15.5. The van der Waals surface area contributed by atoms with Crippen LogP contribution in [-0.4, -0.2) is 56.2 Å². The third-order valence-corrected chi connectivity index (χ3v) is 8.62. The van der Waals surface area contributed by atoms with Crippen molar-refractivity contribution >= 4 is 34.6 Å². The van der Waals surface area contributed by atoms with E-state index in [2.05, 4.69) is 31.4 Å². The number of likely N-dealkylation sites (tertiary alicyclic amines) is 1. The van der Waals surface area contributed by atoms with Crippen molar-refractivity contribution < 1.29 is 19.5 Å². The number of aromatic nitrogens is 2.